The molecule has 1 aliphatic carbocycles. The molecule has 1 rings (SSSR count). The Labute approximate surface area is 89.2 Å². The minimum atomic E-state index is -1.10. The van der Waals surface area contributed by atoms with E-state index in [0.717, 1.165) is 6.42 Å². The summed E-state index contributed by atoms with van der Waals surface area (Å²) in [4.78, 5) is 11.7. The van der Waals surface area contributed by atoms with Crippen molar-refractivity contribution in [1.29, 1.82) is 5.26 Å². The van der Waals surface area contributed by atoms with E-state index in [-0.39, 0.29) is 12.4 Å². The van der Waals surface area contributed by atoms with Crippen LogP contribution >= 0.6 is 0 Å². The predicted octanol–water partition coefficient (Wildman–Crippen LogP) is 1.16. The first kappa shape index (κ1) is 11.7. The average molecular weight is 209 g/mol. The molecule has 0 spiro atoms. The van der Waals surface area contributed by atoms with Gasteiger partial charge in [0.1, 0.15) is 6.10 Å². The Bertz CT molecular complexity index is 305. The SMILES string of the molecule is COC(=O)C1(CC(O)C#N)CC=CCC1. The van der Waals surface area contributed by atoms with Gasteiger partial charge in [-0.05, 0) is 19.3 Å². The highest BCUT2D eigenvalue weighted by molar-refractivity contribution is 5.77. The van der Waals surface area contributed by atoms with Crippen LogP contribution in [0.4, 0.5) is 0 Å². The average Bonchev–Trinajstić information content (AvgIpc) is 2.29. The number of hydrogen-bond donors (Lipinski definition) is 1. The van der Waals surface area contributed by atoms with Gasteiger partial charge in [0.15, 0.2) is 0 Å². The Morgan fingerprint density at radius 1 is 1.73 bits per heavy atom. The van der Waals surface area contributed by atoms with Gasteiger partial charge in [-0.1, -0.05) is 12.2 Å². The Morgan fingerprint density at radius 3 is 2.93 bits per heavy atom. The number of methoxy groups -OCH3 is 1. The minimum absolute atomic E-state index is 0.153. The second kappa shape index (κ2) is 4.94. The Kier molecular flexibility index (Phi) is 3.87. The molecule has 2 atom stereocenters. The molecule has 0 aromatic carbocycles. The van der Waals surface area contributed by atoms with Gasteiger partial charge in [0.25, 0.3) is 0 Å². The summed E-state index contributed by atoms with van der Waals surface area (Å²) in [6.07, 6.45) is 4.92. The molecule has 1 aliphatic rings. The van der Waals surface area contributed by atoms with E-state index in [1.54, 1.807) is 6.07 Å². The summed E-state index contributed by atoms with van der Waals surface area (Å²) < 4.78 is 4.75. The second-order valence-corrected chi connectivity index (χ2v) is 3.84. The number of ether oxygens (including phenoxy) is 1. The summed E-state index contributed by atoms with van der Waals surface area (Å²) in [6.45, 7) is 0. The molecule has 82 valence electrons. The molecular weight excluding hydrogens is 194 g/mol. The summed E-state index contributed by atoms with van der Waals surface area (Å²) in [7, 11) is 1.33. The van der Waals surface area contributed by atoms with E-state index in [4.69, 9.17) is 10.00 Å². The molecule has 0 saturated heterocycles. The lowest BCUT2D eigenvalue weighted by Crippen LogP contribution is -2.36. The Hall–Kier alpha value is -1.34. The molecule has 0 bridgehead atoms. The maximum atomic E-state index is 11.7. The number of carbonyl (C=O) groups is 1. The number of allylic oxidation sites excluding steroid dienone is 2. The monoisotopic (exact) mass is 209 g/mol. The molecular formula is C11H15NO3. The number of esters is 1. The smallest absolute Gasteiger partial charge is 0.312 e. The van der Waals surface area contributed by atoms with E-state index < -0.39 is 11.5 Å². The molecule has 0 amide bonds. The number of aliphatic hydroxyl groups excluding tert-OH is 1. The molecule has 0 aromatic heterocycles. The zero-order valence-electron chi connectivity index (χ0n) is 8.77. The molecule has 0 fully saturated rings. The minimum Gasteiger partial charge on any atom is -0.469 e. The first-order valence-corrected chi connectivity index (χ1v) is 4.96. The van der Waals surface area contributed by atoms with Crippen LogP contribution in [0.1, 0.15) is 25.7 Å². The van der Waals surface area contributed by atoms with Crippen molar-refractivity contribution in [2.45, 2.75) is 31.8 Å². The van der Waals surface area contributed by atoms with Crippen molar-refractivity contribution in [1.82, 2.24) is 0 Å². The molecule has 4 nitrogen and oxygen atoms in total. The standard InChI is InChI=1S/C11H15NO3/c1-15-10(14)11(7-9(13)8-12)5-3-2-4-6-11/h2-3,9,13H,4-7H2,1H3. The van der Waals surface area contributed by atoms with Gasteiger partial charge in [0.05, 0.1) is 18.6 Å². The van der Waals surface area contributed by atoms with Crippen LogP contribution in [0.5, 0.6) is 0 Å². The van der Waals surface area contributed by atoms with Gasteiger partial charge in [-0.2, -0.15) is 5.26 Å². The van der Waals surface area contributed by atoms with Crippen molar-refractivity contribution < 1.29 is 14.6 Å². The highest BCUT2D eigenvalue weighted by Crippen LogP contribution is 2.38. The number of hydrogen-bond acceptors (Lipinski definition) is 4. The largest absolute Gasteiger partial charge is 0.469 e. The van der Waals surface area contributed by atoms with Gasteiger partial charge in [-0.25, -0.2) is 0 Å². The van der Waals surface area contributed by atoms with Crippen LogP contribution in [0.2, 0.25) is 0 Å². The van der Waals surface area contributed by atoms with Crippen molar-refractivity contribution in [2.24, 2.45) is 5.41 Å². The molecule has 0 aromatic rings. The third-order valence-corrected chi connectivity index (χ3v) is 2.82. The molecule has 1 N–H and O–H groups in total. The van der Waals surface area contributed by atoms with Crippen LogP contribution in [0, 0.1) is 16.7 Å². The molecule has 0 saturated carbocycles. The van der Waals surface area contributed by atoms with Gasteiger partial charge >= 0.3 is 5.97 Å². The van der Waals surface area contributed by atoms with E-state index >= 15 is 0 Å². The number of nitriles is 1. The van der Waals surface area contributed by atoms with Crippen molar-refractivity contribution in [3.05, 3.63) is 12.2 Å². The lowest BCUT2D eigenvalue weighted by Gasteiger charge is -2.32. The number of rotatable bonds is 3. The van der Waals surface area contributed by atoms with Gasteiger partial charge in [-0.15, -0.1) is 0 Å². The summed E-state index contributed by atoms with van der Waals surface area (Å²) in [5.41, 5.74) is -0.710. The quantitative estimate of drug-likeness (QED) is 0.430. The lowest BCUT2D eigenvalue weighted by atomic mass is 9.73. The molecule has 2 unspecified atom stereocenters. The van der Waals surface area contributed by atoms with Crippen molar-refractivity contribution in [3.8, 4) is 6.07 Å². The lowest BCUT2D eigenvalue weighted by molar-refractivity contribution is -0.155. The fourth-order valence-corrected chi connectivity index (χ4v) is 1.97. The molecule has 0 radical (unpaired) electrons. The maximum Gasteiger partial charge on any atom is 0.312 e. The highest BCUT2D eigenvalue weighted by Gasteiger charge is 2.40. The van der Waals surface area contributed by atoms with E-state index in [2.05, 4.69) is 0 Å². The van der Waals surface area contributed by atoms with Gasteiger partial charge in [-0.3, -0.25) is 4.79 Å². The molecule has 15 heavy (non-hydrogen) atoms. The van der Waals surface area contributed by atoms with Crippen LogP contribution in [0.25, 0.3) is 0 Å². The van der Waals surface area contributed by atoms with Gasteiger partial charge < -0.3 is 9.84 Å². The summed E-state index contributed by atoms with van der Waals surface area (Å²) >= 11 is 0. The highest BCUT2D eigenvalue weighted by atomic mass is 16.5. The topological polar surface area (TPSA) is 70.3 Å². The Morgan fingerprint density at radius 2 is 2.47 bits per heavy atom. The molecule has 0 heterocycles. The predicted molar refractivity (Wildman–Crippen MR) is 53.7 cm³/mol. The molecule has 4 heteroatoms. The summed E-state index contributed by atoms with van der Waals surface area (Å²) in [6, 6.07) is 1.74. The van der Waals surface area contributed by atoms with E-state index in [9.17, 15) is 9.90 Å². The normalized spacial score (nSPS) is 26.7. The third kappa shape index (κ3) is 2.57. The van der Waals surface area contributed by atoms with Crippen LogP contribution in [0.15, 0.2) is 12.2 Å². The van der Waals surface area contributed by atoms with E-state index in [0.29, 0.717) is 12.8 Å². The number of nitrogens with zero attached hydrogens (tertiary/aromatic N) is 1. The van der Waals surface area contributed by atoms with Gasteiger partial charge in [0.2, 0.25) is 0 Å². The zero-order chi connectivity index (χ0) is 11.3. The van der Waals surface area contributed by atoms with E-state index in [1.165, 1.54) is 7.11 Å². The second-order valence-electron chi connectivity index (χ2n) is 3.84. The fourth-order valence-electron chi connectivity index (χ4n) is 1.97. The van der Waals surface area contributed by atoms with Crippen molar-refractivity contribution >= 4 is 5.97 Å². The van der Waals surface area contributed by atoms with Crippen molar-refractivity contribution in [3.63, 3.8) is 0 Å². The van der Waals surface area contributed by atoms with E-state index in [1.807, 2.05) is 12.2 Å². The first-order valence-electron chi connectivity index (χ1n) is 4.96. The van der Waals surface area contributed by atoms with Crippen LogP contribution in [0.3, 0.4) is 0 Å². The summed E-state index contributed by atoms with van der Waals surface area (Å²) in [5, 5.41) is 17.9. The summed E-state index contributed by atoms with van der Waals surface area (Å²) in [5.74, 6) is -0.332. The fraction of sp³-hybridized carbons (Fsp3) is 0.636. The van der Waals surface area contributed by atoms with Crippen LogP contribution < -0.4 is 0 Å². The number of carbonyl (C=O) groups excluding carboxylic acids is 1. The zero-order valence-corrected chi connectivity index (χ0v) is 8.77. The number of aliphatic hydroxyl groups is 1. The van der Waals surface area contributed by atoms with Crippen LogP contribution in [-0.4, -0.2) is 24.3 Å². The maximum absolute atomic E-state index is 11.7. The van der Waals surface area contributed by atoms with Crippen molar-refractivity contribution in [2.75, 3.05) is 7.11 Å². The Balaban J connectivity index is 2.82. The van der Waals surface area contributed by atoms with Gasteiger partial charge in [0, 0.05) is 6.42 Å². The third-order valence-electron chi connectivity index (χ3n) is 2.82. The van der Waals surface area contributed by atoms with Crippen LogP contribution in [-0.2, 0) is 9.53 Å². The molecule has 0 aliphatic heterocycles. The first-order chi connectivity index (χ1) is 7.14.